The zero-order valence-corrected chi connectivity index (χ0v) is 15.5. The minimum Gasteiger partial charge on any atom is -0.293 e. The monoisotopic (exact) mass is 447 g/mol. The molecule has 0 spiro atoms. The maximum absolute atomic E-state index is 12.7. The molecule has 0 unspecified atom stereocenters. The summed E-state index contributed by atoms with van der Waals surface area (Å²) >= 11 is 2.16. The number of nitrogens with zero attached hydrogens (tertiary/aromatic N) is 3. The minimum atomic E-state index is -0.435. The number of hydrogen-bond donors (Lipinski definition) is 0. The summed E-state index contributed by atoms with van der Waals surface area (Å²) in [6, 6.07) is 11.9. The van der Waals surface area contributed by atoms with Crippen molar-refractivity contribution in [3.8, 4) is 0 Å². The van der Waals surface area contributed by atoms with E-state index in [-0.39, 0.29) is 11.2 Å². The lowest BCUT2D eigenvalue weighted by molar-refractivity contribution is -0.384. The highest BCUT2D eigenvalue weighted by Crippen LogP contribution is 2.17. The van der Waals surface area contributed by atoms with Gasteiger partial charge in [0, 0.05) is 22.2 Å². The van der Waals surface area contributed by atoms with Crippen LogP contribution in [0, 0.1) is 13.7 Å². The van der Waals surface area contributed by atoms with Crippen molar-refractivity contribution in [2.75, 3.05) is 0 Å². The summed E-state index contributed by atoms with van der Waals surface area (Å²) in [5.41, 5.74) is 1.24. The van der Waals surface area contributed by atoms with Crippen molar-refractivity contribution in [1.29, 1.82) is 0 Å². The summed E-state index contributed by atoms with van der Waals surface area (Å²) in [6.45, 7) is 2.37. The first-order valence-electron chi connectivity index (χ1n) is 7.62. The number of benzene rings is 2. The molecule has 0 fully saturated rings. The van der Waals surface area contributed by atoms with E-state index < -0.39 is 4.92 Å². The van der Waals surface area contributed by atoms with Gasteiger partial charge in [0.15, 0.2) is 0 Å². The third-order valence-corrected chi connectivity index (χ3v) is 4.44. The van der Waals surface area contributed by atoms with Crippen molar-refractivity contribution in [3.05, 3.63) is 77.9 Å². The Morgan fingerprint density at radius 1 is 1.24 bits per heavy atom. The van der Waals surface area contributed by atoms with Gasteiger partial charge >= 0.3 is 0 Å². The zero-order valence-electron chi connectivity index (χ0n) is 13.3. The Morgan fingerprint density at radius 3 is 2.76 bits per heavy atom. The molecular weight excluding hydrogens is 433 g/mol. The molecule has 0 aliphatic carbocycles. The fourth-order valence-electron chi connectivity index (χ4n) is 2.56. The van der Waals surface area contributed by atoms with Crippen LogP contribution in [0.2, 0.25) is 0 Å². The first-order valence-corrected chi connectivity index (χ1v) is 8.70. The first kappa shape index (κ1) is 17.3. The number of nitro groups is 1. The molecule has 0 aliphatic heterocycles. The highest BCUT2D eigenvalue weighted by atomic mass is 127. The van der Waals surface area contributed by atoms with Gasteiger partial charge in [-0.1, -0.05) is 18.2 Å². The minimum absolute atomic E-state index is 0.0241. The first-order chi connectivity index (χ1) is 12.0. The molecule has 3 aromatic rings. The lowest BCUT2D eigenvalue weighted by Gasteiger charge is -2.09. The van der Waals surface area contributed by atoms with Crippen LogP contribution in [0.4, 0.5) is 5.69 Å². The average Bonchev–Trinajstić information content (AvgIpc) is 2.61. The second-order valence-electron chi connectivity index (χ2n) is 5.37. The molecule has 7 heteroatoms. The van der Waals surface area contributed by atoms with E-state index in [1.807, 2.05) is 25.1 Å². The van der Waals surface area contributed by atoms with Gasteiger partial charge in [0.1, 0.15) is 5.82 Å². The molecule has 3 rings (SSSR count). The molecule has 0 amide bonds. The normalized spacial score (nSPS) is 11.3. The number of nitro benzene ring substituents is 1. The van der Waals surface area contributed by atoms with E-state index in [0.29, 0.717) is 28.8 Å². The molecule has 0 N–H and O–H groups in total. The highest BCUT2D eigenvalue weighted by molar-refractivity contribution is 14.1. The summed E-state index contributed by atoms with van der Waals surface area (Å²) in [5, 5.41) is 11.5. The van der Waals surface area contributed by atoms with Gasteiger partial charge in [-0.2, -0.15) is 0 Å². The highest BCUT2D eigenvalue weighted by Gasteiger charge is 2.09. The van der Waals surface area contributed by atoms with E-state index in [2.05, 4.69) is 27.6 Å². The van der Waals surface area contributed by atoms with Crippen LogP contribution in [0.3, 0.4) is 0 Å². The molecule has 0 saturated carbocycles. The van der Waals surface area contributed by atoms with Crippen LogP contribution in [0.1, 0.15) is 18.3 Å². The number of aromatic nitrogens is 2. The molecule has 0 aliphatic rings. The second kappa shape index (κ2) is 7.14. The third kappa shape index (κ3) is 3.60. The molecule has 25 heavy (non-hydrogen) atoms. The summed E-state index contributed by atoms with van der Waals surface area (Å²) in [7, 11) is 0. The molecular formula is C18H14IN3O3. The van der Waals surface area contributed by atoms with Gasteiger partial charge < -0.3 is 0 Å². The van der Waals surface area contributed by atoms with Gasteiger partial charge in [0.2, 0.25) is 0 Å². The second-order valence-corrected chi connectivity index (χ2v) is 6.61. The maximum atomic E-state index is 12.7. The van der Waals surface area contributed by atoms with Gasteiger partial charge in [-0.25, -0.2) is 4.98 Å². The molecule has 1 aromatic heterocycles. The molecule has 1 heterocycles. The number of halogens is 1. The van der Waals surface area contributed by atoms with Crippen LogP contribution in [0.15, 0.2) is 47.3 Å². The summed E-state index contributed by atoms with van der Waals surface area (Å²) < 4.78 is 2.57. The third-order valence-electron chi connectivity index (χ3n) is 3.77. The van der Waals surface area contributed by atoms with E-state index in [4.69, 9.17) is 0 Å². The topological polar surface area (TPSA) is 78.0 Å². The summed E-state index contributed by atoms with van der Waals surface area (Å²) in [4.78, 5) is 27.7. The Morgan fingerprint density at radius 2 is 2.04 bits per heavy atom. The predicted octanol–water partition coefficient (Wildman–Crippen LogP) is 4.10. The Kier molecular flexibility index (Phi) is 4.93. The predicted molar refractivity (Wildman–Crippen MR) is 106 cm³/mol. The van der Waals surface area contributed by atoms with Gasteiger partial charge in [0.05, 0.1) is 15.8 Å². The quantitative estimate of drug-likeness (QED) is 0.343. The van der Waals surface area contributed by atoms with Crippen molar-refractivity contribution in [2.45, 2.75) is 13.5 Å². The Labute approximate surface area is 157 Å². The molecule has 0 atom stereocenters. The van der Waals surface area contributed by atoms with Crippen LogP contribution in [-0.2, 0) is 6.54 Å². The van der Waals surface area contributed by atoms with Gasteiger partial charge in [-0.3, -0.25) is 19.5 Å². The van der Waals surface area contributed by atoms with E-state index in [1.54, 1.807) is 28.9 Å². The van der Waals surface area contributed by atoms with Gasteiger partial charge in [-0.05, 0) is 59.4 Å². The van der Waals surface area contributed by atoms with E-state index in [9.17, 15) is 14.9 Å². The van der Waals surface area contributed by atoms with Crippen molar-refractivity contribution in [2.24, 2.45) is 0 Å². The lowest BCUT2D eigenvalue weighted by Crippen LogP contribution is -2.23. The number of fused-ring (bicyclic) bond motifs is 1. The Bertz CT molecular complexity index is 1060. The average molecular weight is 447 g/mol. The van der Waals surface area contributed by atoms with E-state index >= 15 is 0 Å². The van der Waals surface area contributed by atoms with Crippen LogP contribution in [0.25, 0.3) is 23.1 Å². The number of non-ortho nitro benzene ring substituents is 1. The number of hydrogen-bond acceptors (Lipinski definition) is 4. The van der Waals surface area contributed by atoms with Gasteiger partial charge in [0.25, 0.3) is 11.2 Å². The fraction of sp³-hybridized carbons (Fsp3) is 0.111. The Hall–Kier alpha value is -2.55. The van der Waals surface area contributed by atoms with Crippen LogP contribution in [0.5, 0.6) is 0 Å². The molecule has 2 aromatic carbocycles. The van der Waals surface area contributed by atoms with Crippen molar-refractivity contribution >= 4 is 51.3 Å². The van der Waals surface area contributed by atoms with Crippen LogP contribution < -0.4 is 5.56 Å². The van der Waals surface area contributed by atoms with E-state index in [0.717, 1.165) is 3.57 Å². The van der Waals surface area contributed by atoms with Crippen LogP contribution >= 0.6 is 22.6 Å². The van der Waals surface area contributed by atoms with Crippen LogP contribution in [-0.4, -0.2) is 14.5 Å². The fourth-order valence-corrected chi connectivity index (χ4v) is 3.05. The standard InChI is InChI=1S/C18H14IN3O3/c1-2-21-17(9-6-12-4-3-5-14(10-12)22(24)25)20-16-8-7-13(19)11-15(16)18(21)23/h3-11H,2H2,1H3/b9-6+. The smallest absolute Gasteiger partial charge is 0.270 e. The molecule has 0 bridgehead atoms. The van der Waals surface area contributed by atoms with Gasteiger partial charge in [-0.15, -0.1) is 0 Å². The number of rotatable bonds is 4. The van der Waals surface area contributed by atoms with Crippen molar-refractivity contribution < 1.29 is 4.92 Å². The molecule has 0 saturated heterocycles. The van der Waals surface area contributed by atoms with Crippen molar-refractivity contribution in [1.82, 2.24) is 9.55 Å². The largest absolute Gasteiger partial charge is 0.293 e. The summed E-state index contributed by atoms with van der Waals surface area (Å²) in [6.07, 6.45) is 3.43. The molecule has 6 nitrogen and oxygen atoms in total. The lowest BCUT2D eigenvalue weighted by atomic mass is 10.2. The zero-order chi connectivity index (χ0) is 18.0. The molecule has 126 valence electrons. The molecule has 0 radical (unpaired) electrons. The summed E-state index contributed by atoms with van der Waals surface area (Å²) in [5.74, 6) is 0.521. The van der Waals surface area contributed by atoms with E-state index in [1.165, 1.54) is 12.1 Å². The maximum Gasteiger partial charge on any atom is 0.270 e. The Balaban J connectivity index is 2.09. The van der Waals surface area contributed by atoms with Crippen molar-refractivity contribution in [3.63, 3.8) is 0 Å². The SMILES string of the molecule is CCn1c(/C=C/c2cccc([N+](=O)[O-])c2)nc2ccc(I)cc2c1=O.